The van der Waals surface area contributed by atoms with Crippen LogP contribution >= 0.6 is 0 Å². The Hall–Kier alpha value is -2.55. The van der Waals surface area contributed by atoms with Crippen LogP contribution in [-0.4, -0.2) is 17.2 Å². The molecule has 0 bridgehead atoms. The van der Waals surface area contributed by atoms with Crippen LogP contribution in [0.3, 0.4) is 0 Å². The summed E-state index contributed by atoms with van der Waals surface area (Å²) in [6.07, 6.45) is 4.01. The molecule has 150 valence electrons. The van der Waals surface area contributed by atoms with Gasteiger partial charge in [0.2, 0.25) is 0 Å². The zero-order chi connectivity index (χ0) is 20.8. The molecule has 3 nitrogen and oxygen atoms in total. The van der Waals surface area contributed by atoms with E-state index in [9.17, 15) is 4.79 Å². The Balaban J connectivity index is 2.04. The highest BCUT2D eigenvalue weighted by Crippen LogP contribution is 2.30. The first-order chi connectivity index (χ1) is 13.1. The predicted molar refractivity (Wildman–Crippen MR) is 116 cm³/mol. The number of carbonyl (C=O) groups excluding carboxylic acids is 1. The molecule has 0 aliphatic rings. The van der Waals surface area contributed by atoms with Crippen molar-refractivity contribution >= 4 is 5.97 Å². The Bertz CT molecular complexity index is 784. The quantitative estimate of drug-likeness (QED) is 0.375. The SMILES string of the molecule is C=CC(=O)OC(C)(C)CC(C)(C)Oc1ccc(-c2ccc(CCC)cc2)cc1. The van der Waals surface area contributed by atoms with Gasteiger partial charge in [0.25, 0.3) is 0 Å². The second-order valence-electron chi connectivity index (χ2n) is 8.39. The average Bonchev–Trinajstić information content (AvgIpc) is 2.61. The molecule has 0 amide bonds. The maximum atomic E-state index is 11.5. The zero-order valence-corrected chi connectivity index (χ0v) is 17.7. The van der Waals surface area contributed by atoms with E-state index in [0.29, 0.717) is 6.42 Å². The highest BCUT2D eigenvalue weighted by Gasteiger charge is 2.33. The Kier molecular flexibility index (Phi) is 7.06. The van der Waals surface area contributed by atoms with Crippen LogP contribution in [0.15, 0.2) is 61.2 Å². The van der Waals surface area contributed by atoms with Crippen LogP contribution in [0, 0.1) is 0 Å². The molecule has 0 saturated carbocycles. The van der Waals surface area contributed by atoms with Gasteiger partial charge in [-0.2, -0.15) is 0 Å². The van der Waals surface area contributed by atoms with E-state index < -0.39 is 17.2 Å². The lowest BCUT2D eigenvalue weighted by atomic mass is 9.92. The molecule has 0 fully saturated rings. The van der Waals surface area contributed by atoms with Crippen LogP contribution in [0.2, 0.25) is 0 Å². The van der Waals surface area contributed by atoms with Crippen LogP contribution in [0.1, 0.15) is 53.0 Å². The number of carbonyl (C=O) groups is 1. The molecule has 0 unspecified atom stereocenters. The van der Waals surface area contributed by atoms with Crippen LogP contribution in [0.4, 0.5) is 0 Å². The number of hydrogen-bond donors (Lipinski definition) is 0. The van der Waals surface area contributed by atoms with E-state index in [1.165, 1.54) is 17.2 Å². The van der Waals surface area contributed by atoms with Gasteiger partial charge in [0.1, 0.15) is 17.0 Å². The summed E-state index contributed by atoms with van der Waals surface area (Å²) in [5.41, 5.74) is 2.59. The summed E-state index contributed by atoms with van der Waals surface area (Å²) in [6.45, 7) is 13.4. The third kappa shape index (κ3) is 6.56. The predicted octanol–water partition coefficient (Wildman–Crippen LogP) is 6.36. The third-order valence-corrected chi connectivity index (χ3v) is 4.47. The number of esters is 1. The van der Waals surface area contributed by atoms with E-state index in [0.717, 1.165) is 24.2 Å². The van der Waals surface area contributed by atoms with Gasteiger partial charge in [0.05, 0.1) is 0 Å². The number of hydrogen-bond acceptors (Lipinski definition) is 3. The Morgan fingerprint density at radius 1 is 0.929 bits per heavy atom. The highest BCUT2D eigenvalue weighted by molar-refractivity contribution is 5.81. The van der Waals surface area contributed by atoms with Crippen molar-refractivity contribution in [2.75, 3.05) is 0 Å². The van der Waals surface area contributed by atoms with Gasteiger partial charge < -0.3 is 9.47 Å². The first kappa shape index (κ1) is 21.7. The van der Waals surface area contributed by atoms with Crippen LogP contribution in [0.5, 0.6) is 5.75 Å². The molecule has 0 saturated heterocycles. The largest absolute Gasteiger partial charge is 0.488 e. The van der Waals surface area contributed by atoms with E-state index in [1.807, 2.05) is 39.8 Å². The van der Waals surface area contributed by atoms with Crippen molar-refractivity contribution in [2.24, 2.45) is 0 Å². The summed E-state index contributed by atoms with van der Waals surface area (Å²) >= 11 is 0. The zero-order valence-electron chi connectivity index (χ0n) is 17.7. The minimum atomic E-state index is -0.644. The summed E-state index contributed by atoms with van der Waals surface area (Å²) in [7, 11) is 0. The van der Waals surface area contributed by atoms with Gasteiger partial charge >= 0.3 is 5.97 Å². The maximum Gasteiger partial charge on any atom is 0.330 e. The molecule has 2 aromatic rings. The lowest BCUT2D eigenvalue weighted by Crippen LogP contribution is -2.40. The molecule has 0 aliphatic carbocycles. The van der Waals surface area contributed by atoms with E-state index in [2.05, 4.69) is 49.9 Å². The van der Waals surface area contributed by atoms with Crippen molar-refractivity contribution < 1.29 is 14.3 Å². The van der Waals surface area contributed by atoms with Crippen molar-refractivity contribution in [2.45, 2.75) is 65.1 Å². The van der Waals surface area contributed by atoms with Crippen molar-refractivity contribution in [3.8, 4) is 16.9 Å². The molecular formula is C25H32O3. The smallest absolute Gasteiger partial charge is 0.330 e. The van der Waals surface area contributed by atoms with E-state index in [-0.39, 0.29) is 0 Å². The van der Waals surface area contributed by atoms with Gasteiger partial charge in [-0.05, 0) is 62.9 Å². The van der Waals surface area contributed by atoms with E-state index in [4.69, 9.17) is 9.47 Å². The third-order valence-electron chi connectivity index (χ3n) is 4.47. The minimum absolute atomic E-state index is 0.421. The number of aryl methyl sites for hydroxylation is 1. The molecule has 2 aromatic carbocycles. The van der Waals surface area contributed by atoms with Crippen LogP contribution in [0.25, 0.3) is 11.1 Å². The van der Waals surface area contributed by atoms with Crippen LogP contribution < -0.4 is 4.74 Å². The highest BCUT2D eigenvalue weighted by atomic mass is 16.6. The van der Waals surface area contributed by atoms with Crippen molar-refractivity contribution in [1.29, 1.82) is 0 Å². The molecule has 2 rings (SSSR count). The summed E-state index contributed by atoms with van der Waals surface area (Å²) in [6, 6.07) is 16.8. The fourth-order valence-electron chi connectivity index (χ4n) is 3.60. The summed E-state index contributed by atoms with van der Waals surface area (Å²) < 4.78 is 11.6. The van der Waals surface area contributed by atoms with Gasteiger partial charge in [0, 0.05) is 12.5 Å². The summed E-state index contributed by atoms with van der Waals surface area (Å²) in [4.78, 5) is 11.5. The summed E-state index contributed by atoms with van der Waals surface area (Å²) in [5.74, 6) is 0.373. The van der Waals surface area contributed by atoms with Crippen LogP contribution in [-0.2, 0) is 16.0 Å². The minimum Gasteiger partial charge on any atom is -0.488 e. The molecule has 0 aliphatic heterocycles. The fraction of sp³-hybridized carbons (Fsp3) is 0.400. The van der Waals surface area contributed by atoms with Crippen molar-refractivity contribution in [3.05, 3.63) is 66.7 Å². The molecule has 3 heteroatoms. The molecular weight excluding hydrogens is 348 g/mol. The topological polar surface area (TPSA) is 35.5 Å². The number of benzene rings is 2. The monoisotopic (exact) mass is 380 g/mol. The van der Waals surface area contributed by atoms with Gasteiger partial charge in [-0.1, -0.05) is 56.3 Å². The second-order valence-corrected chi connectivity index (χ2v) is 8.39. The van der Waals surface area contributed by atoms with Crippen molar-refractivity contribution in [1.82, 2.24) is 0 Å². The number of rotatable bonds is 9. The molecule has 28 heavy (non-hydrogen) atoms. The van der Waals surface area contributed by atoms with Gasteiger partial charge in [-0.15, -0.1) is 0 Å². The molecule has 0 aromatic heterocycles. The average molecular weight is 381 g/mol. The molecule has 0 heterocycles. The lowest BCUT2D eigenvalue weighted by molar-refractivity contribution is -0.154. The molecule has 0 N–H and O–H groups in total. The Morgan fingerprint density at radius 3 is 1.96 bits per heavy atom. The Labute approximate surface area is 169 Å². The second kappa shape index (κ2) is 9.09. The van der Waals surface area contributed by atoms with Crippen molar-refractivity contribution in [3.63, 3.8) is 0 Å². The van der Waals surface area contributed by atoms with Gasteiger partial charge in [-0.3, -0.25) is 0 Å². The maximum absolute atomic E-state index is 11.5. The fourth-order valence-corrected chi connectivity index (χ4v) is 3.60. The molecule has 0 atom stereocenters. The first-order valence-corrected chi connectivity index (χ1v) is 9.88. The molecule has 0 radical (unpaired) electrons. The molecule has 0 spiro atoms. The Morgan fingerprint density at radius 2 is 1.46 bits per heavy atom. The lowest BCUT2D eigenvalue weighted by Gasteiger charge is -2.34. The normalized spacial score (nSPS) is 11.8. The van der Waals surface area contributed by atoms with Gasteiger partial charge in [0.15, 0.2) is 0 Å². The van der Waals surface area contributed by atoms with E-state index >= 15 is 0 Å². The number of ether oxygens (including phenoxy) is 2. The standard InChI is InChI=1S/C25H32O3/c1-7-9-19-10-12-20(13-11-19)21-14-16-22(17-15-21)27-24(3,4)18-25(5,6)28-23(26)8-2/h8,10-17H,2,7,9,18H2,1,3-6H3. The first-order valence-electron chi connectivity index (χ1n) is 9.88. The summed E-state index contributed by atoms with van der Waals surface area (Å²) in [5, 5.41) is 0. The van der Waals surface area contributed by atoms with Gasteiger partial charge in [-0.25, -0.2) is 4.79 Å². The van der Waals surface area contributed by atoms with E-state index in [1.54, 1.807) is 0 Å².